The maximum absolute atomic E-state index is 10.4. The molecule has 0 aromatic heterocycles. The van der Waals surface area contributed by atoms with Crippen molar-refractivity contribution >= 4 is 10.8 Å². The third-order valence-electron chi connectivity index (χ3n) is 2.54. The van der Waals surface area contributed by atoms with E-state index < -0.39 is 6.04 Å². The van der Waals surface area contributed by atoms with Gasteiger partial charge in [0.15, 0.2) is 0 Å². The summed E-state index contributed by atoms with van der Waals surface area (Å²) < 4.78 is 0. The van der Waals surface area contributed by atoms with Crippen molar-refractivity contribution in [2.45, 2.75) is 13.0 Å². The van der Waals surface area contributed by atoms with Crippen molar-refractivity contribution in [2.75, 3.05) is 0 Å². The average Bonchev–Trinajstić information content (AvgIpc) is 2.29. The van der Waals surface area contributed by atoms with Gasteiger partial charge < -0.3 is 5.11 Å². The summed E-state index contributed by atoms with van der Waals surface area (Å²) in [6, 6.07) is 10.6. The minimum Gasteiger partial charge on any atom is -0.507 e. The van der Waals surface area contributed by atoms with Crippen molar-refractivity contribution in [3.63, 3.8) is 0 Å². The highest BCUT2D eigenvalue weighted by molar-refractivity contribution is 5.89. The van der Waals surface area contributed by atoms with E-state index >= 15 is 0 Å². The first kappa shape index (κ1) is 9.65. The molecule has 0 saturated heterocycles. The van der Waals surface area contributed by atoms with Gasteiger partial charge in [-0.15, -0.1) is 0 Å². The highest BCUT2D eigenvalue weighted by Crippen LogP contribution is 2.33. The van der Waals surface area contributed by atoms with Gasteiger partial charge in [0.1, 0.15) is 11.8 Å². The Morgan fingerprint density at radius 3 is 2.67 bits per heavy atom. The normalized spacial score (nSPS) is 12.6. The number of nitrogens with zero attached hydrogens (tertiary/aromatic N) is 1. The number of nitroso groups, excluding NO2 is 1. The molecule has 0 aliphatic heterocycles. The molecule has 2 aromatic rings. The molecule has 76 valence electrons. The van der Waals surface area contributed by atoms with Gasteiger partial charge in [-0.05, 0) is 12.3 Å². The summed E-state index contributed by atoms with van der Waals surface area (Å²) >= 11 is 0. The second-order valence-corrected chi connectivity index (χ2v) is 3.51. The molecule has 0 aliphatic carbocycles. The lowest BCUT2D eigenvalue weighted by molar-refractivity contribution is 0.470. The second kappa shape index (κ2) is 3.69. The molecule has 3 nitrogen and oxygen atoms in total. The van der Waals surface area contributed by atoms with Crippen molar-refractivity contribution in [1.29, 1.82) is 0 Å². The maximum atomic E-state index is 10.4. The van der Waals surface area contributed by atoms with E-state index in [0.717, 1.165) is 10.8 Å². The number of phenolic OH excluding ortho intramolecular Hbond substituents is 1. The van der Waals surface area contributed by atoms with E-state index in [2.05, 4.69) is 5.18 Å². The fourth-order valence-corrected chi connectivity index (χ4v) is 1.67. The monoisotopic (exact) mass is 201 g/mol. The van der Waals surface area contributed by atoms with Crippen molar-refractivity contribution in [1.82, 2.24) is 0 Å². The summed E-state index contributed by atoms with van der Waals surface area (Å²) in [6.07, 6.45) is 0. The van der Waals surface area contributed by atoms with E-state index in [4.69, 9.17) is 0 Å². The highest BCUT2D eigenvalue weighted by atomic mass is 16.3. The first-order valence-electron chi connectivity index (χ1n) is 4.77. The maximum Gasteiger partial charge on any atom is 0.128 e. The summed E-state index contributed by atoms with van der Waals surface area (Å²) in [5, 5.41) is 14.6. The SMILES string of the molecule is CC(N=O)c1ccc2ccccc2c1O. The fourth-order valence-electron chi connectivity index (χ4n) is 1.67. The van der Waals surface area contributed by atoms with Crippen molar-refractivity contribution < 1.29 is 5.11 Å². The molecule has 1 unspecified atom stereocenters. The molecule has 0 amide bonds. The van der Waals surface area contributed by atoms with Crippen LogP contribution in [-0.4, -0.2) is 5.11 Å². The lowest BCUT2D eigenvalue weighted by atomic mass is 10.0. The Balaban J connectivity index is 2.70. The highest BCUT2D eigenvalue weighted by Gasteiger charge is 2.12. The lowest BCUT2D eigenvalue weighted by Crippen LogP contribution is -1.89. The Morgan fingerprint density at radius 1 is 1.20 bits per heavy atom. The lowest BCUT2D eigenvalue weighted by Gasteiger charge is -2.08. The molecule has 0 spiro atoms. The molecule has 15 heavy (non-hydrogen) atoms. The molecule has 0 saturated carbocycles. The summed E-state index contributed by atoms with van der Waals surface area (Å²) in [5.74, 6) is 0.153. The van der Waals surface area contributed by atoms with Gasteiger partial charge in [-0.2, -0.15) is 4.91 Å². The molecule has 0 bridgehead atoms. The Kier molecular flexibility index (Phi) is 2.37. The number of benzene rings is 2. The van der Waals surface area contributed by atoms with Crippen molar-refractivity contribution in [3.05, 3.63) is 46.9 Å². The van der Waals surface area contributed by atoms with Gasteiger partial charge in [-0.1, -0.05) is 41.6 Å². The Morgan fingerprint density at radius 2 is 1.93 bits per heavy atom. The predicted molar refractivity (Wildman–Crippen MR) is 59.8 cm³/mol. The molecule has 0 aliphatic rings. The summed E-state index contributed by atoms with van der Waals surface area (Å²) in [5.41, 5.74) is 0.573. The first-order chi connectivity index (χ1) is 7.24. The average molecular weight is 201 g/mol. The summed E-state index contributed by atoms with van der Waals surface area (Å²) in [6.45, 7) is 1.66. The van der Waals surface area contributed by atoms with Crippen molar-refractivity contribution in [3.8, 4) is 5.75 Å². The van der Waals surface area contributed by atoms with Crippen LogP contribution in [0, 0.1) is 4.91 Å². The van der Waals surface area contributed by atoms with E-state index in [1.165, 1.54) is 0 Å². The number of aromatic hydroxyl groups is 1. The van der Waals surface area contributed by atoms with E-state index in [1.807, 2.05) is 30.3 Å². The number of hydrogen-bond donors (Lipinski definition) is 1. The Hall–Kier alpha value is -1.90. The Bertz CT molecular complexity index is 508. The molecule has 1 atom stereocenters. The van der Waals surface area contributed by atoms with Crippen LogP contribution in [0.5, 0.6) is 5.75 Å². The zero-order valence-electron chi connectivity index (χ0n) is 8.34. The molecule has 1 N–H and O–H groups in total. The van der Waals surface area contributed by atoms with Gasteiger partial charge in [0, 0.05) is 10.9 Å². The van der Waals surface area contributed by atoms with Crippen LogP contribution in [0.1, 0.15) is 18.5 Å². The number of rotatable bonds is 2. The predicted octanol–water partition coefficient (Wildman–Crippen LogP) is 3.37. The van der Waals surface area contributed by atoms with Gasteiger partial charge in [0.2, 0.25) is 0 Å². The molecular formula is C12H11NO2. The molecule has 2 aromatic carbocycles. The van der Waals surface area contributed by atoms with E-state index in [1.54, 1.807) is 13.0 Å². The van der Waals surface area contributed by atoms with Crippen LogP contribution in [0.15, 0.2) is 41.6 Å². The van der Waals surface area contributed by atoms with E-state index in [0.29, 0.717) is 5.56 Å². The van der Waals surface area contributed by atoms with Crippen LogP contribution < -0.4 is 0 Å². The standard InChI is InChI=1S/C12H11NO2/c1-8(13-15)10-7-6-9-4-2-3-5-11(9)12(10)14/h2-8,14H,1H3. The summed E-state index contributed by atoms with van der Waals surface area (Å²) in [7, 11) is 0. The number of hydrogen-bond acceptors (Lipinski definition) is 3. The number of phenols is 1. The zero-order valence-corrected chi connectivity index (χ0v) is 8.34. The van der Waals surface area contributed by atoms with Crippen LogP contribution in [0.3, 0.4) is 0 Å². The topological polar surface area (TPSA) is 49.7 Å². The molecular weight excluding hydrogens is 190 g/mol. The smallest absolute Gasteiger partial charge is 0.128 e. The van der Waals surface area contributed by atoms with Crippen LogP contribution in [0.4, 0.5) is 0 Å². The second-order valence-electron chi connectivity index (χ2n) is 3.51. The number of fused-ring (bicyclic) bond motifs is 1. The van der Waals surface area contributed by atoms with Gasteiger partial charge >= 0.3 is 0 Å². The largest absolute Gasteiger partial charge is 0.507 e. The molecule has 2 rings (SSSR count). The Labute approximate surface area is 87.3 Å². The van der Waals surface area contributed by atoms with Crippen LogP contribution >= 0.6 is 0 Å². The zero-order chi connectivity index (χ0) is 10.8. The minimum atomic E-state index is -0.519. The quantitative estimate of drug-likeness (QED) is 0.757. The van der Waals surface area contributed by atoms with E-state index in [9.17, 15) is 10.0 Å². The molecule has 3 heteroatoms. The fraction of sp³-hybridized carbons (Fsp3) is 0.167. The van der Waals surface area contributed by atoms with Crippen molar-refractivity contribution in [2.24, 2.45) is 5.18 Å². The van der Waals surface area contributed by atoms with Gasteiger partial charge in [0.25, 0.3) is 0 Å². The molecule has 0 radical (unpaired) electrons. The first-order valence-corrected chi connectivity index (χ1v) is 4.77. The third kappa shape index (κ3) is 1.56. The van der Waals surface area contributed by atoms with Gasteiger partial charge in [-0.3, -0.25) is 0 Å². The minimum absolute atomic E-state index is 0.153. The van der Waals surface area contributed by atoms with Crippen LogP contribution in [-0.2, 0) is 0 Å². The molecule has 0 fully saturated rings. The van der Waals surface area contributed by atoms with Crippen LogP contribution in [0.25, 0.3) is 10.8 Å². The van der Waals surface area contributed by atoms with Gasteiger partial charge in [-0.25, -0.2) is 0 Å². The summed E-state index contributed by atoms with van der Waals surface area (Å²) in [4.78, 5) is 10.4. The van der Waals surface area contributed by atoms with E-state index in [-0.39, 0.29) is 5.75 Å². The van der Waals surface area contributed by atoms with Gasteiger partial charge in [0.05, 0.1) is 0 Å². The third-order valence-corrected chi connectivity index (χ3v) is 2.54. The van der Waals surface area contributed by atoms with Crippen LogP contribution in [0.2, 0.25) is 0 Å². The molecule has 0 heterocycles.